The molecule has 0 fully saturated rings. The summed E-state index contributed by atoms with van der Waals surface area (Å²) in [6, 6.07) is 7.58. The minimum absolute atomic E-state index is 0.0342. The van der Waals surface area contributed by atoms with Gasteiger partial charge in [0.05, 0.1) is 16.7 Å². The fourth-order valence-electron chi connectivity index (χ4n) is 3.64. The molecule has 1 amide bonds. The molecule has 1 aliphatic rings. The van der Waals surface area contributed by atoms with Gasteiger partial charge in [0.1, 0.15) is 12.4 Å². The number of hydrogen-bond donors (Lipinski definition) is 1. The SMILES string of the molecule is Cc1cn2c(n1)CC[C@@H](NC(=O)Cn1c(=O)n(C)c3ccccc31)C2. The van der Waals surface area contributed by atoms with Gasteiger partial charge in [-0.1, -0.05) is 12.1 Å². The number of aryl methyl sites for hydroxylation is 3. The normalized spacial score (nSPS) is 16.8. The number of imidazole rings is 2. The Balaban J connectivity index is 1.50. The fraction of sp³-hybridized carbons (Fsp3) is 0.389. The molecule has 0 saturated carbocycles. The van der Waals surface area contributed by atoms with E-state index in [9.17, 15) is 9.59 Å². The van der Waals surface area contributed by atoms with Gasteiger partial charge in [-0.15, -0.1) is 0 Å². The molecule has 3 aromatic rings. The lowest BCUT2D eigenvalue weighted by Gasteiger charge is -2.24. The number of para-hydroxylation sites is 2. The van der Waals surface area contributed by atoms with Crippen LogP contribution < -0.4 is 11.0 Å². The molecule has 1 aromatic carbocycles. The van der Waals surface area contributed by atoms with E-state index in [0.29, 0.717) is 0 Å². The minimum Gasteiger partial charge on any atom is -0.350 e. The Labute approximate surface area is 144 Å². The Morgan fingerprint density at radius 2 is 2.08 bits per heavy atom. The van der Waals surface area contributed by atoms with Gasteiger partial charge in [-0.2, -0.15) is 0 Å². The van der Waals surface area contributed by atoms with E-state index >= 15 is 0 Å². The number of benzene rings is 1. The van der Waals surface area contributed by atoms with Crippen molar-refractivity contribution in [2.24, 2.45) is 7.05 Å². The van der Waals surface area contributed by atoms with Crippen molar-refractivity contribution in [1.82, 2.24) is 24.0 Å². The van der Waals surface area contributed by atoms with Gasteiger partial charge in [-0.05, 0) is 25.5 Å². The molecule has 25 heavy (non-hydrogen) atoms. The fourth-order valence-corrected chi connectivity index (χ4v) is 3.64. The number of nitrogens with zero attached hydrogens (tertiary/aromatic N) is 4. The predicted molar refractivity (Wildman–Crippen MR) is 94.4 cm³/mol. The second kappa shape index (κ2) is 5.91. The maximum absolute atomic E-state index is 12.5. The quantitative estimate of drug-likeness (QED) is 0.773. The Bertz CT molecular complexity index is 1010. The molecule has 0 unspecified atom stereocenters. The average molecular weight is 339 g/mol. The molecule has 0 aliphatic carbocycles. The molecule has 0 spiro atoms. The van der Waals surface area contributed by atoms with Crippen LogP contribution in [0, 0.1) is 6.92 Å². The highest BCUT2D eigenvalue weighted by Crippen LogP contribution is 2.15. The van der Waals surface area contributed by atoms with Gasteiger partial charge < -0.3 is 9.88 Å². The average Bonchev–Trinajstić information content (AvgIpc) is 3.07. The van der Waals surface area contributed by atoms with Crippen LogP contribution in [-0.4, -0.2) is 30.6 Å². The summed E-state index contributed by atoms with van der Waals surface area (Å²) in [6.45, 7) is 2.74. The van der Waals surface area contributed by atoms with Crippen LogP contribution in [0.25, 0.3) is 11.0 Å². The number of carbonyl (C=O) groups is 1. The van der Waals surface area contributed by atoms with Gasteiger partial charge in [-0.25, -0.2) is 9.78 Å². The van der Waals surface area contributed by atoms with Crippen molar-refractivity contribution in [2.45, 2.75) is 38.9 Å². The van der Waals surface area contributed by atoms with Gasteiger partial charge >= 0.3 is 5.69 Å². The van der Waals surface area contributed by atoms with Crippen molar-refractivity contribution in [3.05, 3.63) is 52.5 Å². The highest BCUT2D eigenvalue weighted by Gasteiger charge is 2.22. The number of fused-ring (bicyclic) bond motifs is 2. The topological polar surface area (TPSA) is 73.8 Å². The van der Waals surface area contributed by atoms with E-state index in [1.807, 2.05) is 37.4 Å². The van der Waals surface area contributed by atoms with Crippen molar-refractivity contribution in [3.8, 4) is 0 Å². The standard InChI is InChI=1S/C18H21N5O2/c1-12-9-22-10-13(7-8-16(22)19-12)20-17(24)11-23-15-6-4-3-5-14(15)21(2)18(23)25/h3-6,9,13H,7-8,10-11H2,1-2H3,(H,20,24)/t13-/m1/s1. The van der Waals surface area contributed by atoms with Gasteiger partial charge in [0.25, 0.3) is 0 Å². The first kappa shape index (κ1) is 15.7. The second-order valence-corrected chi connectivity index (χ2v) is 6.67. The van der Waals surface area contributed by atoms with E-state index in [0.717, 1.165) is 41.9 Å². The van der Waals surface area contributed by atoms with Crippen LogP contribution >= 0.6 is 0 Å². The van der Waals surface area contributed by atoms with E-state index < -0.39 is 0 Å². The molecule has 3 heterocycles. The van der Waals surface area contributed by atoms with Crippen LogP contribution in [-0.2, 0) is 31.4 Å². The van der Waals surface area contributed by atoms with Crippen molar-refractivity contribution in [3.63, 3.8) is 0 Å². The largest absolute Gasteiger partial charge is 0.350 e. The molecule has 2 aromatic heterocycles. The van der Waals surface area contributed by atoms with E-state index in [-0.39, 0.29) is 24.2 Å². The smallest absolute Gasteiger partial charge is 0.329 e. The number of rotatable bonds is 3. The summed E-state index contributed by atoms with van der Waals surface area (Å²) in [5.74, 6) is 0.942. The molecule has 1 N–H and O–H groups in total. The minimum atomic E-state index is -0.174. The Hall–Kier alpha value is -2.83. The molecule has 7 heteroatoms. The van der Waals surface area contributed by atoms with Gasteiger partial charge in [0, 0.05) is 32.3 Å². The molecule has 0 bridgehead atoms. The van der Waals surface area contributed by atoms with Gasteiger partial charge in [0.2, 0.25) is 5.91 Å². The van der Waals surface area contributed by atoms with Gasteiger partial charge in [0.15, 0.2) is 0 Å². The lowest BCUT2D eigenvalue weighted by atomic mass is 10.1. The lowest BCUT2D eigenvalue weighted by molar-refractivity contribution is -0.122. The Kier molecular flexibility index (Phi) is 3.71. The number of aromatic nitrogens is 4. The molecule has 0 radical (unpaired) electrons. The van der Waals surface area contributed by atoms with Crippen LogP contribution in [0.3, 0.4) is 0 Å². The summed E-state index contributed by atoms with van der Waals surface area (Å²) in [5.41, 5.74) is 2.44. The van der Waals surface area contributed by atoms with Crippen LogP contribution in [0.4, 0.5) is 0 Å². The van der Waals surface area contributed by atoms with Crippen LogP contribution in [0.2, 0.25) is 0 Å². The maximum atomic E-state index is 12.5. The number of nitrogens with one attached hydrogen (secondary N) is 1. The Morgan fingerprint density at radius 3 is 2.88 bits per heavy atom. The molecular weight excluding hydrogens is 318 g/mol. The summed E-state index contributed by atoms with van der Waals surface area (Å²) in [6.07, 6.45) is 3.74. The van der Waals surface area contributed by atoms with E-state index in [2.05, 4.69) is 14.9 Å². The summed E-state index contributed by atoms with van der Waals surface area (Å²) in [4.78, 5) is 29.4. The van der Waals surface area contributed by atoms with Crippen molar-refractivity contribution in [2.75, 3.05) is 0 Å². The van der Waals surface area contributed by atoms with E-state index in [1.54, 1.807) is 11.6 Å². The van der Waals surface area contributed by atoms with Gasteiger partial charge in [-0.3, -0.25) is 13.9 Å². The van der Waals surface area contributed by atoms with Crippen LogP contribution in [0.1, 0.15) is 17.9 Å². The van der Waals surface area contributed by atoms with Crippen molar-refractivity contribution < 1.29 is 4.79 Å². The predicted octanol–water partition coefficient (Wildman–Crippen LogP) is 0.976. The number of amides is 1. The molecule has 0 saturated heterocycles. The molecule has 7 nitrogen and oxygen atoms in total. The summed E-state index contributed by atoms with van der Waals surface area (Å²) < 4.78 is 5.21. The first-order valence-corrected chi connectivity index (χ1v) is 8.49. The zero-order valence-electron chi connectivity index (χ0n) is 14.4. The zero-order chi connectivity index (χ0) is 17.6. The third-order valence-electron chi connectivity index (χ3n) is 4.83. The molecule has 130 valence electrons. The molecule has 4 rings (SSSR count). The van der Waals surface area contributed by atoms with Crippen LogP contribution in [0.5, 0.6) is 0 Å². The summed E-state index contributed by atoms with van der Waals surface area (Å²) in [7, 11) is 1.73. The highest BCUT2D eigenvalue weighted by molar-refractivity contribution is 5.81. The Morgan fingerprint density at radius 1 is 1.32 bits per heavy atom. The monoisotopic (exact) mass is 339 g/mol. The number of carbonyl (C=O) groups excluding carboxylic acids is 1. The number of hydrogen-bond acceptors (Lipinski definition) is 3. The summed E-state index contributed by atoms with van der Waals surface area (Å²) in [5, 5.41) is 3.06. The zero-order valence-corrected chi connectivity index (χ0v) is 14.4. The first-order chi connectivity index (χ1) is 12.0. The lowest BCUT2D eigenvalue weighted by Crippen LogP contribution is -2.43. The van der Waals surface area contributed by atoms with E-state index in [1.165, 1.54) is 4.57 Å². The van der Waals surface area contributed by atoms with E-state index in [4.69, 9.17) is 0 Å². The summed E-state index contributed by atoms with van der Waals surface area (Å²) >= 11 is 0. The molecule has 1 atom stereocenters. The second-order valence-electron chi connectivity index (χ2n) is 6.67. The third kappa shape index (κ3) is 2.75. The first-order valence-electron chi connectivity index (χ1n) is 8.49. The van der Waals surface area contributed by atoms with Crippen LogP contribution in [0.15, 0.2) is 35.3 Å². The van der Waals surface area contributed by atoms with Crippen molar-refractivity contribution in [1.29, 1.82) is 0 Å². The maximum Gasteiger partial charge on any atom is 0.329 e. The molecular formula is C18H21N5O2. The third-order valence-corrected chi connectivity index (χ3v) is 4.83. The highest BCUT2D eigenvalue weighted by atomic mass is 16.2. The molecule has 1 aliphatic heterocycles. The van der Waals surface area contributed by atoms with Crippen molar-refractivity contribution >= 4 is 16.9 Å².